The molecule has 2 aromatic heterocycles. The minimum absolute atomic E-state index is 0.0813. The van der Waals surface area contributed by atoms with E-state index >= 15 is 0 Å². The Morgan fingerprint density at radius 3 is 2.66 bits per heavy atom. The van der Waals surface area contributed by atoms with Crippen LogP contribution in [0.25, 0.3) is 11.0 Å². The highest BCUT2D eigenvalue weighted by atomic mass is 16.5. The quantitative estimate of drug-likeness (QED) is 0.493. The molecule has 38 heavy (non-hydrogen) atoms. The highest BCUT2D eigenvalue weighted by Gasteiger charge is 2.36. The largest absolute Gasteiger partial charge is 0.378 e. The molecule has 0 saturated carbocycles. The maximum Gasteiger partial charge on any atom is 0.290 e. The van der Waals surface area contributed by atoms with Gasteiger partial charge in [-0.15, -0.1) is 0 Å². The molecule has 2 aliphatic heterocycles. The van der Waals surface area contributed by atoms with Crippen molar-refractivity contribution >= 4 is 22.8 Å². The van der Waals surface area contributed by atoms with E-state index in [1.807, 2.05) is 56.8 Å². The summed E-state index contributed by atoms with van der Waals surface area (Å²) in [7, 11) is 0. The number of morpholine rings is 1. The van der Waals surface area contributed by atoms with Crippen LogP contribution < -0.4 is 5.32 Å². The first-order valence-electron chi connectivity index (χ1n) is 13.7. The number of rotatable bonds is 8. The van der Waals surface area contributed by atoms with Crippen molar-refractivity contribution in [3.63, 3.8) is 0 Å². The van der Waals surface area contributed by atoms with Gasteiger partial charge in [0.1, 0.15) is 0 Å². The van der Waals surface area contributed by atoms with Crippen molar-refractivity contribution in [2.45, 2.75) is 39.3 Å². The Hall–Kier alpha value is -3.30. The molecule has 0 aliphatic carbocycles. The molecule has 2 amide bonds. The first-order valence-corrected chi connectivity index (χ1v) is 13.7. The maximum absolute atomic E-state index is 14.2. The summed E-state index contributed by atoms with van der Waals surface area (Å²) in [5.41, 5.74) is 2.73. The molecular formula is C29H38N6O3. The zero-order valence-corrected chi connectivity index (χ0v) is 22.4. The molecule has 9 heteroatoms. The third-order valence-electron chi connectivity index (χ3n) is 7.43. The van der Waals surface area contributed by atoms with Crippen molar-refractivity contribution in [1.82, 2.24) is 29.7 Å². The van der Waals surface area contributed by atoms with Crippen LogP contribution in [0.4, 0.5) is 0 Å². The molecule has 4 heterocycles. The van der Waals surface area contributed by atoms with Gasteiger partial charge in [0.15, 0.2) is 5.82 Å². The Morgan fingerprint density at radius 1 is 1.11 bits per heavy atom. The number of hydrogen-bond acceptors (Lipinski definition) is 6. The predicted molar refractivity (Wildman–Crippen MR) is 146 cm³/mol. The molecular weight excluding hydrogens is 480 g/mol. The van der Waals surface area contributed by atoms with Gasteiger partial charge in [-0.3, -0.25) is 14.6 Å². The number of nitrogens with zero attached hydrogens (tertiary/aromatic N) is 5. The van der Waals surface area contributed by atoms with Crippen molar-refractivity contribution < 1.29 is 14.3 Å². The lowest BCUT2D eigenvalue weighted by atomic mass is 9.92. The minimum atomic E-state index is -0.155. The summed E-state index contributed by atoms with van der Waals surface area (Å²) in [5, 5.41) is 3.44. The fourth-order valence-corrected chi connectivity index (χ4v) is 5.54. The number of hydrogen-bond donors (Lipinski definition) is 1. The van der Waals surface area contributed by atoms with Crippen LogP contribution in [0.5, 0.6) is 0 Å². The number of piperidine rings is 1. The average molecular weight is 519 g/mol. The van der Waals surface area contributed by atoms with Crippen molar-refractivity contribution in [3.05, 3.63) is 60.2 Å². The second kappa shape index (κ2) is 12.0. The number of pyridine rings is 1. The summed E-state index contributed by atoms with van der Waals surface area (Å²) < 4.78 is 7.46. The van der Waals surface area contributed by atoms with E-state index in [9.17, 15) is 9.59 Å². The van der Waals surface area contributed by atoms with Crippen LogP contribution in [0.2, 0.25) is 0 Å². The lowest BCUT2D eigenvalue weighted by Gasteiger charge is -2.40. The third kappa shape index (κ3) is 5.89. The van der Waals surface area contributed by atoms with E-state index in [2.05, 4.69) is 24.1 Å². The standard InChI is InChI=1S/C29H38N6O3/c1-21(2)20-35(24-17-22(18-30-19-24)28(36)33-13-15-38-16-14-33)29(37)27-32-25-8-3-4-9-26(25)34(27)12-10-23-7-5-6-11-31-23/h3-9,11,21-22,24,30H,10,12-20H2,1-2H3/t22-,24+/m1/s1. The topological polar surface area (TPSA) is 92.6 Å². The minimum Gasteiger partial charge on any atom is -0.378 e. The van der Waals surface area contributed by atoms with Gasteiger partial charge in [-0.05, 0) is 36.6 Å². The normalized spacial score (nSPS) is 20.1. The molecule has 2 saturated heterocycles. The second-order valence-corrected chi connectivity index (χ2v) is 10.7. The molecule has 202 valence electrons. The van der Waals surface area contributed by atoms with E-state index in [4.69, 9.17) is 9.72 Å². The number of carbonyl (C=O) groups is 2. The fourth-order valence-electron chi connectivity index (χ4n) is 5.54. The van der Waals surface area contributed by atoms with E-state index < -0.39 is 0 Å². The molecule has 2 atom stereocenters. The highest BCUT2D eigenvalue weighted by molar-refractivity contribution is 5.95. The highest BCUT2D eigenvalue weighted by Crippen LogP contribution is 2.24. The predicted octanol–water partition coefficient (Wildman–Crippen LogP) is 2.61. The van der Waals surface area contributed by atoms with Crippen molar-refractivity contribution in [2.75, 3.05) is 45.9 Å². The molecule has 3 aromatic rings. The summed E-state index contributed by atoms with van der Waals surface area (Å²) in [6.45, 7) is 9.20. The SMILES string of the molecule is CC(C)CN(C(=O)c1nc2ccccc2n1CCc1ccccn1)[C@@H]1CNC[C@H](C(=O)N2CCOCC2)C1. The van der Waals surface area contributed by atoms with Gasteiger partial charge >= 0.3 is 0 Å². The van der Waals surface area contributed by atoms with Gasteiger partial charge in [0, 0.05) is 63.6 Å². The molecule has 2 aliphatic rings. The van der Waals surface area contributed by atoms with Crippen LogP contribution in [-0.4, -0.2) is 88.1 Å². The third-order valence-corrected chi connectivity index (χ3v) is 7.43. The Balaban J connectivity index is 1.41. The number of carbonyl (C=O) groups excluding carboxylic acids is 2. The number of aromatic nitrogens is 3. The Bertz CT molecular complexity index is 1240. The number of imidazole rings is 1. The van der Waals surface area contributed by atoms with Crippen molar-refractivity contribution in [1.29, 1.82) is 0 Å². The monoisotopic (exact) mass is 518 g/mol. The van der Waals surface area contributed by atoms with E-state index in [0.717, 1.165) is 16.7 Å². The summed E-state index contributed by atoms with van der Waals surface area (Å²) in [6, 6.07) is 13.7. The fraction of sp³-hybridized carbons (Fsp3) is 0.517. The molecule has 0 bridgehead atoms. The van der Waals surface area contributed by atoms with Crippen LogP contribution in [0.1, 0.15) is 36.6 Å². The summed E-state index contributed by atoms with van der Waals surface area (Å²) in [6.07, 6.45) is 3.14. The van der Waals surface area contributed by atoms with Gasteiger partial charge in [-0.25, -0.2) is 4.98 Å². The summed E-state index contributed by atoms with van der Waals surface area (Å²) in [5.74, 6) is 0.648. The van der Waals surface area contributed by atoms with E-state index in [0.29, 0.717) is 71.1 Å². The Kier molecular flexibility index (Phi) is 8.34. The molecule has 0 unspecified atom stereocenters. The molecule has 9 nitrogen and oxygen atoms in total. The smallest absolute Gasteiger partial charge is 0.290 e. The van der Waals surface area contributed by atoms with Crippen LogP contribution in [0.15, 0.2) is 48.7 Å². The first kappa shape index (κ1) is 26.3. The van der Waals surface area contributed by atoms with Gasteiger partial charge in [0.25, 0.3) is 5.91 Å². The van der Waals surface area contributed by atoms with Crippen LogP contribution >= 0.6 is 0 Å². The Labute approximate surface area is 224 Å². The summed E-state index contributed by atoms with van der Waals surface area (Å²) >= 11 is 0. The molecule has 1 N–H and O–H groups in total. The molecule has 5 rings (SSSR count). The maximum atomic E-state index is 14.2. The van der Waals surface area contributed by atoms with Gasteiger partial charge < -0.3 is 24.4 Å². The number of aryl methyl sites for hydroxylation is 2. The van der Waals surface area contributed by atoms with E-state index in [-0.39, 0.29) is 29.7 Å². The summed E-state index contributed by atoms with van der Waals surface area (Å²) in [4.78, 5) is 40.7. The van der Waals surface area contributed by atoms with Crippen LogP contribution in [-0.2, 0) is 22.5 Å². The lowest BCUT2D eigenvalue weighted by molar-refractivity contribution is -0.140. The van der Waals surface area contributed by atoms with Crippen LogP contribution in [0.3, 0.4) is 0 Å². The van der Waals surface area contributed by atoms with Crippen molar-refractivity contribution in [2.24, 2.45) is 11.8 Å². The number of para-hydroxylation sites is 2. The number of ether oxygens (including phenoxy) is 1. The Morgan fingerprint density at radius 2 is 1.89 bits per heavy atom. The zero-order valence-electron chi connectivity index (χ0n) is 22.4. The average Bonchev–Trinajstić information content (AvgIpc) is 3.33. The lowest BCUT2D eigenvalue weighted by Crippen LogP contribution is -2.56. The van der Waals surface area contributed by atoms with Gasteiger partial charge in [0.2, 0.25) is 5.91 Å². The first-order chi connectivity index (χ1) is 18.5. The van der Waals surface area contributed by atoms with Gasteiger partial charge in [-0.1, -0.05) is 32.0 Å². The number of benzene rings is 1. The number of amides is 2. The molecule has 0 radical (unpaired) electrons. The van der Waals surface area contributed by atoms with Gasteiger partial charge in [-0.2, -0.15) is 0 Å². The second-order valence-electron chi connectivity index (χ2n) is 10.7. The number of fused-ring (bicyclic) bond motifs is 1. The molecule has 0 spiro atoms. The van der Waals surface area contributed by atoms with Crippen LogP contribution in [0, 0.1) is 11.8 Å². The van der Waals surface area contributed by atoms with E-state index in [1.54, 1.807) is 6.20 Å². The molecule has 1 aromatic carbocycles. The number of nitrogens with one attached hydrogen (secondary N) is 1. The van der Waals surface area contributed by atoms with Gasteiger partial charge in [0.05, 0.1) is 30.2 Å². The zero-order chi connectivity index (χ0) is 26.5. The van der Waals surface area contributed by atoms with Crippen molar-refractivity contribution in [3.8, 4) is 0 Å². The molecule has 2 fully saturated rings. The van der Waals surface area contributed by atoms with E-state index in [1.165, 1.54) is 0 Å².